The summed E-state index contributed by atoms with van der Waals surface area (Å²) >= 11 is 0. The smallest absolute Gasteiger partial charge is 0.317 e. The van der Waals surface area contributed by atoms with E-state index in [1.807, 2.05) is 11.0 Å². The van der Waals surface area contributed by atoms with Gasteiger partial charge in [-0.15, -0.1) is 0 Å². The van der Waals surface area contributed by atoms with Crippen molar-refractivity contribution in [1.29, 1.82) is 5.41 Å². The van der Waals surface area contributed by atoms with Crippen molar-refractivity contribution >= 4 is 17.6 Å². The van der Waals surface area contributed by atoms with Crippen LogP contribution in [0.15, 0.2) is 35.8 Å². The number of rotatable bonds is 6. The van der Waals surface area contributed by atoms with Gasteiger partial charge in [-0.3, -0.25) is 10.1 Å². The van der Waals surface area contributed by atoms with Crippen molar-refractivity contribution in [2.24, 2.45) is 7.05 Å². The number of nitrogens with one attached hydrogen (secondary N) is 3. The van der Waals surface area contributed by atoms with Gasteiger partial charge in [0.1, 0.15) is 5.84 Å². The van der Waals surface area contributed by atoms with Gasteiger partial charge in [-0.25, -0.2) is 13.6 Å². The molecule has 5 rings (SSSR count). The lowest BCUT2D eigenvalue weighted by Crippen LogP contribution is -2.48. The third kappa shape index (κ3) is 5.70. The van der Waals surface area contributed by atoms with E-state index < -0.39 is 6.43 Å². The number of fused-ring (bicyclic) bond motifs is 1. The predicted octanol–water partition coefficient (Wildman–Crippen LogP) is 4.60. The maximum absolute atomic E-state index is 14.3. The number of amidine groups is 1. The molecular formula is C29H39F2N7O2. The number of aromatic nitrogens is 2. The number of halogens is 2. The Hall–Kier alpha value is -3.47. The van der Waals surface area contributed by atoms with Gasteiger partial charge in [0.2, 0.25) is 0 Å². The molecule has 3 aliphatic rings. The maximum Gasteiger partial charge on any atom is 0.317 e. The van der Waals surface area contributed by atoms with Gasteiger partial charge in [-0.05, 0) is 61.8 Å². The highest BCUT2D eigenvalue weighted by atomic mass is 19.3. The monoisotopic (exact) mass is 555 g/mol. The number of carbonyl (C=O) groups is 1. The number of nitrogens with zero attached hydrogens (tertiary/aromatic N) is 4. The molecule has 2 amide bonds. The van der Waals surface area contributed by atoms with Crippen molar-refractivity contribution in [3.05, 3.63) is 46.9 Å². The molecule has 0 atom stereocenters. The van der Waals surface area contributed by atoms with E-state index in [-0.39, 0.29) is 36.1 Å². The van der Waals surface area contributed by atoms with Crippen molar-refractivity contribution in [1.82, 2.24) is 25.3 Å². The summed E-state index contributed by atoms with van der Waals surface area (Å²) in [6.07, 6.45) is 7.02. The maximum atomic E-state index is 14.3. The van der Waals surface area contributed by atoms with E-state index in [0.717, 1.165) is 55.4 Å². The first kappa shape index (κ1) is 28.1. The number of aryl methyl sites for hydroxylation is 2. The molecule has 0 radical (unpaired) electrons. The first-order valence-corrected chi connectivity index (χ1v) is 14.1. The molecule has 40 heavy (non-hydrogen) atoms. The molecule has 216 valence electrons. The van der Waals surface area contributed by atoms with Gasteiger partial charge in [0.25, 0.3) is 6.43 Å². The van der Waals surface area contributed by atoms with Gasteiger partial charge < -0.3 is 25.2 Å². The van der Waals surface area contributed by atoms with Crippen molar-refractivity contribution in [3.8, 4) is 11.1 Å². The lowest BCUT2D eigenvalue weighted by Gasteiger charge is -2.38. The number of ether oxygens (including phenoxy) is 1. The highest BCUT2D eigenvalue weighted by Gasteiger charge is 2.32. The van der Waals surface area contributed by atoms with Gasteiger partial charge in [0.05, 0.1) is 18.8 Å². The molecule has 3 N–H and O–H groups in total. The van der Waals surface area contributed by atoms with Gasteiger partial charge in [0.15, 0.2) is 0 Å². The Morgan fingerprint density at radius 1 is 1.18 bits per heavy atom. The minimum Gasteiger partial charge on any atom is -0.385 e. The van der Waals surface area contributed by atoms with Crippen LogP contribution in [0.3, 0.4) is 0 Å². The molecule has 0 unspecified atom stereocenters. The molecule has 11 heteroatoms. The molecule has 1 fully saturated rings. The number of alkyl halides is 2. The normalized spacial score (nSPS) is 21.4. The molecule has 1 saturated carbocycles. The quantitative estimate of drug-likeness (QED) is 0.358. The summed E-state index contributed by atoms with van der Waals surface area (Å²) in [6, 6.07) is 3.48. The Morgan fingerprint density at radius 2 is 1.95 bits per heavy atom. The van der Waals surface area contributed by atoms with Crippen LogP contribution in [0.5, 0.6) is 0 Å². The van der Waals surface area contributed by atoms with Crippen LogP contribution in [-0.4, -0.2) is 72.5 Å². The third-order valence-corrected chi connectivity index (χ3v) is 8.41. The minimum absolute atomic E-state index is 0.0655. The number of anilines is 1. The number of hydrogen-bond donors (Lipinski definition) is 3. The van der Waals surface area contributed by atoms with E-state index in [4.69, 9.17) is 4.74 Å². The van der Waals surface area contributed by atoms with Crippen LogP contribution >= 0.6 is 0 Å². The van der Waals surface area contributed by atoms with E-state index in [2.05, 4.69) is 15.7 Å². The van der Waals surface area contributed by atoms with Gasteiger partial charge >= 0.3 is 6.03 Å². The van der Waals surface area contributed by atoms with Crippen LogP contribution in [0.1, 0.15) is 56.1 Å². The summed E-state index contributed by atoms with van der Waals surface area (Å²) in [5, 5.41) is 19.9. The molecule has 1 aliphatic carbocycles. The molecular weight excluding hydrogens is 516 g/mol. The van der Waals surface area contributed by atoms with Gasteiger partial charge in [0, 0.05) is 81.0 Å². The van der Waals surface area contributed by atoms with Gasteiger partial charge in [-0.1, -0.05) is 0 Å². The average Bonchev–Trinajstić information content (AvgIpc) is 3.41. The summed E-state index contributed by atoms with van der Waals surface area (Å²) in [7, 11) is 5.12. The standard InChI is InChI=1S/C29H39F2N7O2/c1-33-29(39)37-12-10-25(35-20-6-8-21(40-3)9-7-20)24(17-37)28(32)38-11-4-5-18-13-22(19-15-34-36(2)16-19)23(27(30)31)14-26(18)38/h13-16,20-21,27,32,35H,4-12,17H2,1-3H3,(H,33,39). The molecule has 3 heterocycles. The van der Waals surface area contributed by atoms with Crippen LogP contribution in [-0.2, 0) is 18.2 Å². The Kier molecular flexibility index (Phi) is 8.39. The predicted molar refractivity (Wildman–Crippen MR) is 151 cm³/mol. The fourth-order valence-corrected chi connectivity index (χ4v) is 6.20. The fraction of sp³-hybridized carbons (Fsp3) is 0.552. The van der Waals surface area contributed by atoms with Gasteiger partial charge in [-0.2, -0.15) is 5.10 Å². The number of carbonyl (C=O) groups excluding carboxylic acids is 1. The number of methoxy groups -OCH3 is 1. The fourth-order valence-electron chi connectivity index (χ4n) is 6.20. The molecule has 0 spiro atoms. The first-order chi connectivity index (χ1) is 19.3. The zero-order valence-electron chi connectivity index (χ0n) is 23.5. The van der Waals surface area contributed by atoms with Crippen molar-refractivity contribution in [2.45, 2.75) is 63.5 Å². The lowest BCUT2D eigenvalue weighted by atomic mass is 9.91. The molecule has 1 aromatic heterocycles. The second-order valence-corrected chi connectivity index (χ2v) is 10.9. The summed E-state index contributed by atoms with van der Waals surface area (Å²) in [4.78, 5) is 16.1. The van der Waals surface area contributed by atoms with E-state index in [0.29, 0.717) is 36.3 Å². The zero-order valence-corrected chi connectivity index (χ0v) is 23.5. The van der Waals surface area contributed by atoms with Crippen molar-refractivity contribution in [2.75, 3.05) is 38.7 Å². The average molecular weight is 556 g/mol. The van der Waals surface area contributed by atoms with E-state index >= 15 is 0 Å². The number of urea groups is 1. The number of amides is 2. The second-order valence-electron chi connectivity index (χ2n) is 10.9. The van der Waals surface area contributed by atoms with E-state index in [1.165, 1.54) is 0 Å². The molecule has 0 saturated heterocycles. The topological polar surface area (TPSA) is 98.5 Å². The van der Waals surface area contributed by atoms with Crippen LogP contribution in [0.2, 0.25) is 0 Å². The minimum atomic E-state index is -2.67. The van der Waals surface area contributed by atoms with Crippen LogP contribution in [0.25, 0.3) is 11.1 Å². The Balaban J connectivity index is 1.49. The Labute approximate surface area is 234 Å². The summed E-state index contributed by atoms with van der Waals surface area (Å²) < 4.78 is 35.8. The highest BCUT2D eigenvalue weighted by Crippen LogP contribution is 2.39. The van der Waals surface area contributed by atoms with Crippen molar-refractivity contribution < 1.29 is 18.3 Å². The number of benzene rings is 1. The van der Waals surface area contributed by atoms with Crippen LogP contribution < -0.4 is 15.5 Å². The summed E-state index contributed by atoms with van der Waals surface area (Å²) in [6.45, 7) is 1.39. The molecule has 1 aromatic carbocycles. The summed E-state index contributed by atoms with van der Waals surface area (Å²) in [5.74, 6) is 0.261. The SMILES string of the molecule is CNC(=O)N1CCC(NC2CCC(OC)CC2)=C(C(=N)N2CCCc3cc(-c4cnn(C)c4)c(C(F)F)cc32)C1. The molecule has 2 aliphatic heterocycles. The molecule has 9 nitrogen and oxygen atoms in total. The zero-order chi connectivity index (χ0) is 28.4. The highest BCUT2D eigenvalue weighted by molar-refractivity contribution is 6.09. The molecule has 0 bridgehead atoms. The molecule has 2 aromatic rings. The Bertz CT molecular complexity index is 1280. The number of hydrogen-bond acceptors (Lipinski definition) is 5. The van der Waals surface area contributed by atoms with Crippen LogP contribution in [0, 0.1) is 5.41 Å². The second kappa shape index (κ2) is 12.0. The van der Waals surface area contributed by atoms with Crippen molar-refractivity contribution in [3.63, 3.8) is 0 Å². The Morgan fingerprint density at radius 3 is 2.60 bits per heavy atom. The summed E-state index contributed by atoms with van der Waals surface area (Å²) in [5.41, 5.74) is 4.36. The van der Waals surface area contributed by atoms with E-state index in [9.17, 15) is 19.0 Å². The first-order valence-electron chi connectivity index (χ1n) is 14.1. The lowest BCUT2D eigenvalue weighted by molar-refractivity contribution is 0.0634. The van der Waals surface area contributed by atoms with Crippen LogP contribution in [0.4, 0.5) is 19.3 Å². The third-order valence-electron chi connectivity index (χ3n) is 8.41. The largest absolute Gasteiger partial charge is 0.385 e. The van der Waals surface area contributed by atoms with E-state index in [1.54, 1.807) is 49.2 Å².